The van der Waals surface area contributed by atoms with Crippen LogP contribution in [0.4, 0.5) is 13.2 Å². The van der Waals surface area contributed by atoms with Gasteiger partial charge in [0, 0.05) is 19.1 Å². The van der Waals surface area contributed by atoms with Gasteiger partial charge in [0.1, 0.15) is 0 Å². The number of ether oxygens (including phenoxy) is 1. The fourth-order valence-corrected chi connectivity index (χ4v) is 4.07. The molecule has 1 saturated carbocycles. The van der Waals surface area contributed by atoms with Gasteiger partial charge in [-0.1, -0.05) is 30.3 Å². The molecule has 1 saturated heterocycles. The third-order valence-corrected chi connectivity index (χ3v) is 5.48. The van der Waals surface area contributed by atoms with Crippen molar-refractivity contribution in [1.29, 1.82) is 0 Å². The molecule has 25 heavy (non-hydrogen) atoms. The SMILES string of the molecule is OC1CCC(C(F)(F)F)C(N2CCC(OCc3ccccc3)CC2)C1. The van der Waals surface area contributed by atoms with Crippen LogP contribution in [-0.4, -0.2) is 47.5 Å². The summed E-state index contributed by atoms with van der Waals surface area (Å²) in [5.41, 5.74) is 1.11. The highest BCUT2D eigenvalue weighted by Gasteiger charge is 2.49. The van der Waals surface area contributed by atoms with Crippen LogP contribution in [0.25, 0.3) is 0 Å². The van der Waals surface area contributed by atoms with Crippen molar-refractivity contribution in [1.82, 2.24) is 4.90 Å². The van der Waals surface area contributed by atoms with Gasteiger partial charge in [-0.3, -0.25) is 4.90 Å². The molecular formula is C19H26F3NO2. The Morgan fingerprint density at radius 1 is 1.04 bits per heavy atom. The number of likely N-dealkylation sites (tertiary alicyclic amines) is 1. The maximum absolute atomic E-state index is 13.3. The first-order valence-corrected chi connectivity index (χ1v) is 9.08. The van der Waals surface area contributed by atoms with Crippen molar-refractivity contribution in [3.05, 3.63) is 35.9 Å². The Bertz CT molecular complexity index is 529. The van der Waals surface area contributed by atoms with E-state index in [-0.39, 0.29) is 25.4 Å². The molecule has 0 radical (unpaired) electrons. The zero-order valence-electron chi connectivity index (χ0n) is 14.3. The molecule has 1 aromatic rings. The fourth-order valence-electron chi connectivity index (χ4n) is 4.07. The largest absolute Gasteiger partial charge is 0.393 e. The van der Waals surface area contributed by atoms with Crippen molar-refractivity contribution in [2.75, 3.05) is 13.1 Å². The first kappa shape index (κ1) is 18.7. The van der Waals surface area contributed by atoms with Gasteiger partial charge in [-0.2, -0.15) is 13.2 Å². The summed E-state index contributed by atoms with van der Waals surface area (Å²) in [7, 11) is 0. The minimum Gasteiger partial charge on any atom is -0.393 e. The quantitative estimate of drug-likeness (QED) is 0.891. The van der Waals surface area contributed by atoms with Crippen LogP contribution in [0.2, 0.25) is 0 Å². The highest BCUT2D eigenvalue weighted by molar-refractivity contribution is 5.13. The lowest BCUT2D eigenvalue weighted by Gasteiger charge is -2.44. The van der Waals surface area contributed by atoms with Crippen LogP contribution in [0, 0.1) is 5.92 Å². The van der Waals surface area contributed by atoms with Gasteiger partial charge in [-0.25, -0.2) is 0 Å². The number of hydrogen-bond acceptors (Lipinski definition) is 3. The van der Waals surface area contributed by atoms with Crippen molar-refractivity contribution in [3.63, 3.8) is 0 Å². The maximum Gasteiger partial charge on any atom is 0.393 e. The van der Waals surface area contributed by atoms with Crippen LogP contribution < -0.4 is 0 Å². The molecule has 0 bridgehead atoms. The molecule has 1 aliphatic heterocycles. The molecular weight excluding hydrogens is 331 g/mol. The predicted octanol–water partition coefficient (Wildman–Crippen LogP) is 3.76. The second kappa shape index (κ2) is 8.06. The van der Waals surface area contributed by atoms with Crippen molar-refractivity contribution in [2.24, 2.45) is 5.92 Å². The Balaban J connectivity index is 1.52. The van der Waals surface area contributed by atoms with Crippen molar-refractivity contribution < 1.29 is 23.0 Å². The van der Waals surface area contributed by atoms with E-state index in [2.05, 4.69) is 0 Å². The first-order chi connectivity index (χ1) is 11.9. The second-order valence-corrected chi connectivity index (χ2v) is 7.21. The lowest BCUT2D eigenvalue weighted by atomic mass is 9.80. The van der Waals surface area contributed by atoms with Gasteiger partial charge in [-0.05, 0) is 37.7 Å². The number of aliphatic hydroxyl groups excluding tert-OH is 1. The van der Waals surface area contributed by atoms with E-state index in [4.69, 9.17) is 4.74 Å². The minimum absolute atomic E-state index is 0.0275. The third-order valence-electron chi connectivity index (χ3n) is 5.48. The van der Waals surface area contributed by atoms with Crippen LogP contribution >= 0.6 is 0 Å². The first-order valence-electron chi connectivity index (χ1n) is 9.08. The van der Waals surface area contributed by atoms with Gasteiger partial charge in [-0.15, -0.1) is 0 Å². The van der Waals surface area contributed by atoms with Crippen LogP contribution in [0.1, 0.15) is 37.7 Å². The average molecular weight is 357 g/mol. The van der Waals surface area contributed by atoms with E-state index in [1.165, 1.54) is 0 Å². The molecule has 3 nitrogen and oxygen atoms in total. The minimum atomic E-state index is -4.19. The Kier molecular flexibility index (Phi) is 6.02. The Hall–Kier alpha value is -1.11. The number of benzene rings is 1. The average Bonchev–Trinajstić information content (AvgIpc) is 2.60. The standard InChI is InChI=1S/C19H26F3NO2/c20-19(21,22)17-7-6-15(24)12-18(17)23-10-8-16(9-11-23)25-13-14-4-2-1-3-5-14/h1-5,15-18,24H,6-13H2. The molecule has 0 aromatic heterocycles. The topological polar surface area (TPSA) is 32.7 Å². The maximum atomic E-state index is 13.3. The number of halogens is 3. The zero-order valence-corrected chi connectivity index (χ0v) is 14.3. The van der Waals surface area contributed by atoms with E-state index in [0.29, 0.717) is 19.7 Å². The molecule has 1 heterocycles. The smallest absolute Gasteiger partial charge is 0.393 e. The summed E-state index contributed by atoms with van der Waals surface area (Å²) in [6.07, 6.45) is -2.74. The summed E-state index contributed by atoms with van der Waals surface area (Å²) in [5.74, 6) is -1.32. The summed E-state index contributed by atoms with van der Waals surface area (Å²) >= 11 is 0. The van der Waals surface area contributed by atoms with Crippen molar-refractivity contribution in [2.45, 2.75) is 63.1 Å². The van der Waals surface area contributed by atoms with Gasteiger partial charge in [0.2, 0.25) is 0 Å². The number of alkyl halides is 3. The fraction of sp³-hybridized carbons (Fsp3) is 0.684. The Morgan fingerprint density at radius 3 is 2.36 bits per heavy atom. The molecule has 3 atom stereocenters. The van der Waals surface area contributed by atoms with Crippen molar-refractivity contribution >= 4 is 0 Å². The van der Waals surface area contributed by atoms with Gasteiger partial charge in [0.15, 0.2) is 0 Å². The van der Waals surface area contributed by atoms with Crippen LogP contribution in [-0.2, 0) is 11.3 Å². The van der Waals surface area contributed by atoms with E-state index in [1.807, 2.05) is 35.2 Å². The van der Waals surface area contributed by atoms with Crippen LogP contribution in [0.5, 0.6) is 0 Å². The van der Waals surface area contributed by atoms with E-state index in [1.54, 1.807) is 0 Å². The highest BCUT2D eigenvalue weighted by atomic mass is 19.4. The highest BCUT2D eigenvalue weighted by Crippen LogP contribution is 2.41. The predicted molar refractivity (Wildman–Crippen MR) is 89.0 cm³/mol. The number of nitrogens with zero attached hydrogens (tertiary/aromatic N) is 1. The van der Waals surface area contributed by atoms with E-state index in [0.717, 1.165) is 18.4 Å². The molecule has 2 aliphatic rings. The molecule has 2 fully saturated rings. The third kappa shape index (κ3) is 4.96. The van der Waals surface area contributed by atoms with Gasteiger partial charge < -0.3 is 9.84 Å². The summed E-state index contributed by atoms with van der Waals surface area (Å²) < 4.78 is 45.9. The molecule has 1 N–H and O–H groups in total. The number of piperidine rings is 1. The summed E-state index contributed by atoms with van der Waals surface area (Å²) in [6.45, 7) is 1.74. The summed E-state index contributed by atoms with van der Waals surface area (Å²) in [4.78, 5) is 1.92. The van der Waals surface area contributed by atoms with E-state index < -0.39 is 24.2 Å². The lowest BCUT2D eigenvalue weighted by Crippen LogP contribution is -2.53. The second-order valence-electron chi connectivity index (χ2n) is 7.21. The molecule has 3 rings (SSSR count). The Labute approximate surface area is 146 Å². The molecule has 6 heteroatoms. The molecule has 1 aliphatic carbocycles. The van der Waals surface area contributed by atoms with Gasteiger partial charge in [0.05, 0.1) is 24.7 Å². The molecule has 1 aromatic carbocycles. The number of hydrogen-bond donors (Lipinski definition) is 1. The summed E-state index contributed by atoms with van der Waals surface area (Å²) in [6, 6.07) is 9.30. The Morgan fingerprint density at radius 2 is 1.72 bits per heavy atom. The normalized spacial score (nSPS) is 29.7. The summed E-state index contributed by atoms with van der Waals surface area (Å²) in [5, 5.41) is 9.84. The molecule has 3 unspecified atom stereocenters. The van der Waals surface area contributed by atoms with Crippen LogP contribution in [0.3, 0.4) is 0 Å². The van der Waals surface area contributed by atoms with Crippen LogP contribution in [0.15, 0.2) is 30.3 Å². The lowest BCUT2D eigenvalue weighted by molar-refractivity contribution is -0.207. The van der Waals surface area contributed by atoms with E-state index in [9.17, 15) is 18.3 Å². The van der Waals surface area contributed by atoms with Crippen molar-refractivity contribution in [3.8, 4) is 0 Å². The van der Waals surface area contributed by atoms with E-state index >= 15 is 0 Å². The number of rotatable bonds is 4. The molecule has 0 amide bonds. The molecule has 140 valence electrons. The molecule has 0 spiro atoms. The van der Waals surface area contributed by atoms with Gasteiger partial charge in [0.25, 0.3) is 0 Å². The number of aliphatic hydroxyl groups is 1. The monoisotopic (exact) mass is 357 g/mol. The zero-order chi connectivity index (χ0) is 17.9. The van der Waals surface area contributed by atoms with Gasteiger partial charge >= 0.3 is 6.18 Å².